The van der Waals surface area contributed by atoms with Crippen LogP contribution in [0.25, 0.3) is 0 Å². The Balaban J connectivity index is 2.09. The number of carbonyl (C=O) groups is 1. The summed E-state index contributed by atoms with van der Waals surface area (Å²) in [6.07, 6.45) is 6.42. The van der Waals surface area contributed by atoms with Gasteiger partial charge in [-0.1, -0.05) is 18.1 Å². The van der Waals surface area contributed by atoms with E-state index >= 15 is 0 Å². The molecule has 1 N–H and O–H groups in total. The molecule has 2 aromatic carbocycles. The number of anilines is 1. The number of urea groups is 1. The molecule has 0 aliphatic rings. The van der Waals surface area contributed by atoms with Crippen molar-refractivity contribution in [3.63, 3.8) is 0 Å². The van der Waals surface area contributed by atoms with Crippen molar-refractivity contribution in [2.45, 2.75) is 11.4 Å². The molecular weight excluding hydrogens is 343 g/mol. The van der Waals surface area contributed by atoms with Gasteiger partial charge in [-0.15, -0.1) is 6.42 Å². The van der Waals surface area contributed by atoms with Crippen LogP contribution in [0.2, 0.25) is 0 Å². The van der Waals surface area contributed by atoms with Crippen molar-refractivity contribution >= 4 is 21.6 Å². The first-order valence-corrected chi connectivity index (χ1v) is 9.22. The number of sulfone groups is 1. The smallest absolute Gasteiger partial charge is 0.309 e. The molecule has 25 heavy (non-hydrogen) atoms. The van der Waals surface area contributed by atoms with Crippen LogP contribution >= 0.6 is 0 Å². The number of hydrogen-bond acceptors (Lipinski definition) is 3. The summed E-state index contributed by atoms with van der Waals surface area (Å²) < 4.78 is 35.9. The van der Waals surface area contributed by atoms with Gasteiger partial charge >= 0.3 is 6.03 Å². The molecule has 0 aliphatic carbocycles. The number of halogens is 1. The van der Waals surface area contributed by atoms with Crippen molar-refractivity contribution in [2.24, 2.45) is 0 Å². The van der Waals surface area contributed by atoms with Crippen LogP contribution in [0.4, 0.5) is 14.9 Å². The third-order valence-corrected chi connectivity index (χ3v) is 4.52. The molecule has 0 bridgehead atoms. The third-order valence-electron chi connectivity index (χ3n) is 3.39. The van der Waals surface area contributed by atoms with E-state index in [1.807, 2.05) is 0 Å². The van der Waals surface area contributed by atoms with Crippen LogP contribution in [0.3, 0.4) is 0 Å². The summed E-state index contributed by atoms with van der Waals surface area (Å²) in [6, 6.07) is 11.2. The van der Waals surface area contributed by atoms with Gasteiger partial charge in [0.25, 0.3) is 0 Å². The predicted octanol–water partition coefficient (Wildman–Crippen LogP) is 2.90. The summed E-state index contributed by atoms with van der Waals surface area (Å²) in [6.45, 7) is 0.294. The number of benzene rings is 2. The van der Waals surface area contributed by atoms with Crippen molar-refractivity contribution < 1.29 is 17.6 Å². The highest BCUT2D eigenvalue weighted by molar-refractivity contribution is 7.90. The van der Waals surface area contributed by atoms with E-state index in [0.29, 0.717) is 5.69 Å². The van der Waals surface area contributed by atoms with Crippen molar-refractivity contribution in [1.82, 2.24) is 4.90 Å². The Bertz CT molecular complexity index is 885. The quantitative estimate of drug-likeness (QED) is 0.834. The molecule has 0 spiro atoms. The Labute approximate surface area is 146 Å². The molecule has 5 nitrogen and oxygen atoms in total. The molecule has 0 saturated heterocycles. The maximum atomic E-state index is 13.0. The molecule has 2 aromatic rings. The SMILES string of the molecule is C#CCN(Cc1ccc(F)cc1)C(=O)Nc1ccc(S(C)(=O)=O)cc1. The van der Waals surface area contributed by atoms with Crippen LogP contribution in [-0.4, -0.2) is 32.1 Å². The maximum Gasteiger partial charge on any atom is 0.322 e. The standard InChI is InChI=1S/C18H17FN2O3S/c1-3-12-21(13-14-4-6-15(19)7-5-14)18(22)20-16-8-10-17(11-9-16)25(2,23)24/h1,4-11H,12-13H2,2H3,(H,20,22). The Morgan fingerprint density at radius 2 is 1.76 bits per heavy atom. The van der Waals surface area contributed by atoms with Crippen LogP contribution in [0.1, 0.15) is 5.56 Å². The fraction of sp³-hybridized carbons (Fsp3) is 0.167. The summed E-state index contributed by atoms with van der Waals surface area (Å²) >= 11 is 0. The molecular formula is C18H17FN2O3S. The fourth-order valence-electron chi connectivity index (χ4n) is 2.11. The van der Waals surface area contributed by atoms with E-state index in [1.165, 1.54) is 41.3 Å². The molecule has 0 heterocycles. The van der Waals surface area contributed by atoms with Gasteiger partial charge in [0.05, 0.1) is 11.4 Å². The Hall–Kier alpha value is -2.85. The van der Waals surface area contributed by atoms with Crippen molar-refractivity contribution in [3.05, 3.63) is 59.9 Å². The van der Waals surface area contributed by atoms with E-state index in [-0.39, 0.29) is 23.8 Å². The van der Waals surface area contributed by atoms with Gasteiger partial charge in [-0.05, 0) is 42.0 Å². The summed E-state index contributed by atoms with van der Waals surface area (Å²) in [5, 5.41) is 2.66. The van der Waals surface area contributed by atoms with Crippen LogP contribution < -0.4 is 5.32 Å². The Morgan fingerprint density at radius 1 is 1.16 bits per heavy atom. The van der Waals surface area contributed by atoms with E-state index in [2.05, 4.69) is 11.2 Å². The lowest BCUT2D eigenvalue weighted by molar-refractivity contribution is 0.216. The van der Waals surface area contributed by atoms with Gasteiger partial charge in [-0.3, -0.25) is 0 Å². The van der Waals surface area contributed by atoms with Gasteiger partial charge in [-0.25, -0.2) is 17.6 Å². The van der Waals surface area contributed by atoms with Gasteiger partial charge in [0.15, 0.2) is 9.84 Å². The van der Waals surface area contributed by atoms with Gasteiger partial charge in [0.1, 0.15) is 5.82 Å². The van der Waals surface area contributed by atoms with Crippen molar-refractivity contribution in [2.75, 3.05) is 18.1 Å². The molecule has 0 saturated carbocycles. The summed E-state index contributed by atoms with van der Waals surface area (Å²) in [5.74, 6) is 2.05. The number of amides is 2. The van der Waals surface area contributed by atoms with Crippen LogP contribution in [0.15, 0.2) is 53.4 Å². The first kappa shape index (κ1) is 18.5. The zero-order valence-corrected chi connectivity index (χ0v) is 14.4. The van der Waals surface area contributed by atoms with Crippen LogP contribution in [-0.2, 0) is 16.4 Å². The number of terminal acetylenes is 1. The Kier molecular flexibility index (Phi) is 5.78. The van der Waals surface area contributed by atoms with Crippen LogP contribution in [0, 0.1) is 18.2 Å². The molecule has 7 heteroatoms. The van der Waals surface area contributed by atoms with E-state index in [4.69, 9.17) is 6.42 Å². The maximum absolute atomic E-state index is 13.0. The van der Waals surface area contributed by atoms with Crippen molar-refractivity contribution in [3.8, 4) is 12.3 Å². The molecule has 0 fully saturated rings. The number of hydrogen-bond donors (Lipinski definition) is 1. The first-order chi connectivity index (χ1) is 11.8. The molecule has 0 atom stereocenters. The minimum Gasteiger partial charge on any atom is -0.309 e. The third kappa shape index (κ3) is 5.33. The molecule has 130 valence electrons. The average molecular weight is 360 g/mol. The lowest BCUT2D eigenvalue weighted by atomic mass is 10.2. The first-order valence-electron chi connectivity index (χ1n) is 7.33. The molecule has 0 radical (unpaired) electrons. The van der Waals surface area contributed by atoms with Gasteiger partial charge in [0.2, 0.25) is 0 Å². The van der Waals surface area contributed by atoms with Gasteiger partial charge in [-0.2, -0.15) is 0 Å². The summed E-state index contributed by atoms with van der Waals surface area (Å²) in [5.41, 5.74) is 1.18. The van der Waals surface area contributed by atoms with Crippen molar-refractivity contribution in [1.29, 1.82) is 0 Å². The number of rotatable bonds is 5. The van der Waals surface area contributed by atoms with E-state index in [0.717, 1.165) is 11.8 Å². The van der Waals surface area contributed by atoms with Gasteiger partial charge < -0.3 is 10.2 Å². The summed E-state index contributed by atoms with van der Waals surface area (Å²) in [7, 11) is -3.30. The minimum atomic E-state index is -3.30. The zero-order valence-electron chi connectivity index (χ0n) is 13.6. The number of nitrogens with zero attached hydrogens (tertiary/aromatic N) is 1. The number of nitrogens with one attached hydrogen (secondary N) is 1. The topological polar surface area (TPSA) is 66.5 Å². The van der Waals surface area contributed by atoms with E-state index in [1.54, 1.807) is 12.1 Å². The highest BCUT2D eigenvalue weighted by Crippen LogP contribution is 2.15. The second kappa shape index (κ2) is 7.81. The highest BCUT2D eigenvalue weighted by Gasteiger charge is 2.14. The van der Waals surface area contributed by atoms with E-state index in [9.17, 15) is 17.6 Å². The van der Waals surface area contributed by atoms with E-state index < -0.39 is 15.9 Å². The minimum absolute atomic E-state index is 0.0740. The predicted molar refractivity (Wildman–Crippen MR) is 94.2 cm³/mol. The lowest BCUT2D eigenvalue weighted by Gasteiger charge is -2.21. The lowest BCUT2D eigenvalue weighted by Crippen LogP contribution is -2.34. The monoisotopic (exact) mass is 360 g/mol. The summed E-state index contributed by atoms with van der Waals surface area (Å²) in [4.78, 5) is 13.9. The molecule has 2 amide bonds. The average Bonchev–Trinajstić information content (AvgIpc) is 2.56. The molecule has 2 rings (SSSR count). The zero-order chi connectivity index (χ0) is 18.4. The molecule has 0 aromatic heterocycles. The van der Waals surface area contributed by atoms with Crippen LogP contribution in [0.5, 0.6) is 0 Å². The Morgan fingerprint density at radius 3 is 2.28 bits per heavy atom. The largest absolute Gasteiger partial charge is 0.322 e. The number of carbonyl (C=O) groups excluding carboxylic acids is 1. The fourth-order valence-corrected chi connectivity index (χ4v) is 2.74. The second-order valence-corrected chi connectivity index (χ2v) is 7.43. The normalized spacial score (nSPS) is 10.8. The van der Waals surface area contributed by atoms with Gasteiger partial charge in [0, 0.05) is 18.5 Å². The molecule has 0 unspecified atom stereocenters. The second-order valence-electron chi connectivity index (χ2n) is 5.41. The molecule has 0 aliphatic heterocycles. The highest BCUT2D eigenvalue weighted by atomic mass is 32.2.